The van der Waals surface area contributed by atoms with Crippen LogP contribution in [0.4, 0.5) is 5.69 Å². The minimum absolute atomic E-state index is 0.0729. The van der Waals surface area contributed by atoms with E-state index in [1.165, 1.54) is 21.7 Å². The lowest BCUT2D eigenvalue weighted by atomic mass is 9.99. The largest absolute Gasteiger partial charge is 0.345 e. The molecule has 0 saturated carbocycles. The number of amides is 1. The van der Waals surface area contributed by atoms with E-state index >= 15 is 0 Å². The second-order valence-corrected chi connectivity index (χ2v) is 10.9. The maximum absolute atomic E-state index is 12.9. The molecule has 34 heavy (non-hydrogen) atoms. The van der Waals surface area contributed by atoms with Crippen molar-refractivity contribution in [2.24, 2.45) is 0 Å². The number of hydrogen-bond acceptors (Lipinski definition) is 3. The summed E-state index contributed by atoms with van der Waals surface area (Å²) in [7, 11) is -3.49. The van der Waals surface area contributed by atoms with Gasteiger partial charge in [-0.3, -0.25) is 9.10 Å². The summed E-state index contributed by atoms with van der Waals surface area (Å²) in [6, 6.07) is 19.1. The molecule has 0 bridgehead atoms. The van der Waals surface area contributed by atoms with Gasteiger partial charge in [-0.15, -0.1) is 0 Å². The molecule has 3 aromatic carbocycles. The molecule has 0 spiro atoms. The highest BCUT2D eigenvalue weighted by molar-refractivity contribution is 7.92. The fourth-order valence-corrected chi connectivity index (χ4v) is 5.14. The first-order valence-corrected chi connectivity index (χ1v) is 13.4. The molecular weight excluding hydrogens is 444 g/mol. The SMILES string of the molecule is CC[C@@H](NC(=O)c1ccc(CN(c2c(C)cccc2C)S(C)(=O)=O)cc1)c1ccc(C)c(C)c1. The summed E-state index contributed by atoms with van der Waals surface area (Å²) < 4.78 is 26.7. The van der Waals surface area contributed by atoms with Crippen molar-refractivity contribution in [1.29, 1.82) is 0 Å². The molecule has 0 aliphatic heterocycles. The average molecular weight is 479 g/mol. The van der Waals surface area contributed by atoms with Gasteiger partial charge >= 0.3 is 0 Å². The molecule has 6 heteroatoms. The van der Waals surface area contributed by atoms with E-state index in [1.807, 2.05) is 44.2 Å². The maximum Gasteiger partial charge on any atom is 0.251 e. The summed E-state index contributed by atoms with van der Waals surface area (Å²) >= 11 is 0. The highest BCUT2D eigenvalue weighted by atomic mass is 32.2. The number of carbonyl (C=O) groups excluding carboxylic acids is 1. The lowest BCUT2D eigenvalue weighted by Gasteiger charge is -2.26. The Bertz CT molecular complexity index is 1260. The van der Waals surface area contributed by atoms with E-state index in [1.54, 1.807) is 12.1 Å². The van der Waals surface area contributed by atoms with E-state index in [4.69, 9.17) is 0 Å². The first-order valence-electron chi connectivity index (χ1n) is 11.5. The molecule has 0 radical (unpaired) electrons. The molecule has 0 fully saturated rings. The molecule has 0 aliphatic rings. The van der Waals surface area contributed by atoms with E-state index < -0.39 is 10.0 Å². The van der Waals surface area contributed by atoms with Crippen LogP contribution in [0.25, 0.3) is 0 Å². The van der Waals surface area contributed by atoms with Crippen LogP contribution < -0.4 is 9.62 Å². The number of hydrogen-bond donors (Lipinski definition) is 1. The number of nitrogens with one attached hydrogen (secondary N) is 1. The average Bonchev–Trinajstić information content (AvgIpc) is 2.78. The number of sulfonamides is 1. The smallest absolute Gasteiger partial charge is 0.251 e. The van der Waals surface area contributed by atoms with Crippen LogP contribution in [-0.4, -0.2) is 20.6 Å². The number of rotatable bonds is 8. The quantitative estimate of drug-likeness (QED) is 0.447. The molecule has 1 atom stereocenters. The Balaban J connectivity index is 1.79. The number of anilines is 1. The van der Waals surface area contributed by atoms with Gasteiger partial charge in [0.05, 0.1) is 24.5 Å². The van der Waals surface area contributed by atoms with Gasteiger partial charge in [0.15, 0.2) is 0 Å². The van der Waals surface area contributed by atoms with Crippen LogP contribution in [-0.2, 0) is 16.6 Å². The van der Waals surface area contributed by atoms with E-state index in [0.29, 0.717) is 11.3 Å². The van der Waals surface area contributed by atoms with Gasteiger partial charge in [-0.1, -0.05) is 55.5 Å². The first-order chi connectivity index (χ1) is 16.0. The molecule has 3 rings (SSSR count). The Morgan fingerprint density at radius 3 is 2.03 bits per heavy atom. The Hall–Kier alpha value is -3.12. The predicted molar refractivity (Wildman–Crippen MR) is 140 cm³/mol. The second-order valence-electron chi connectivity index (χ2n) is 8.98. The van der Waals surface area contributed by atoms with Gasteiger partial charge in [-0.05, 0) is 79.6 Å². The van der Waals surface area contributed by atoms with Crippen molar-refractivity contribution < 1.29 is 13.2 Å². The minimum Gasteiger partial charge on any atom is -0.345 e. The lowest BCUT2D eigenvalue weighted by molar-refractivity contribution is 0.0935. The fraction of sp³-hybridized carbons (Fsp3) is 0.321. The molecule has 0 aliphatic carbocycles. The van der Waals surface area contributed by atoms with Gasteiger partial charge in [-0.25, -0.2) is 8.42 Å². The Morgan fingerprint density at radius 2 is 1.50 bits per heavy atom. The fourth-order valence-electron chi connectivity index (χ4n) is 4.13. The van der Waals surface area contributed by atoms with E-state index in [0.717, 1.165) is 28.7 Å². The van der Waals surface area contributed by atoms with Gasteiger partial charge in [0, 0.05) is 5.56 Å². The van der Waals surface area contributed by atoms with Crippen molar-refractivity contribution in [1.82, 2.24) is 5.32 Å². The van der Waals surface area contributed by atoms with E-state index in [2.05, 4.69) is 44.3 Å². The van der Waals surface area contributed by atoms with Crippen LogP contribution >= 0.6 is 0 Å². The molecule has 1 N–H and O–H groups in total. The first kappa shape index (κ1) is 25.5. The van der Waals surface area contributed by atoms with Crippen molar-refractivity contribution >= 4 is 21.6 Å². The zero-order valence-corrected chi connectivity index (χ0v) is 21.7. The molecule has 0 heterocycles. The van der Waals surface area contributed by atoms with E-state index in [9.17, 15) is 13.2 Å². The normalized spacial score (nSPS) is 12.3. The van der Waals surface area contributed by atoms with Gasteiger partial charge in [0.1, 0.15) is 0 Å². The third-order valence-electron chi connectivity index (χ3n) is 6.28. The Morgan fingerprint density at radius 1 is 0.882 bits per heavy atom. The number of para-hydroxylation sites is 1. The van der Waals surface area contributed by atoms with Crippen LogP contribution in [0.5, 0.6) is 0 Å². The monoisotopic (exact) mass is 478 g/mol. The van der Waals surface area contributed by atoms with Crippen LogP contribution in [0.2, 0.25) is 0 Å². The van der Waals surface area contributed by atoms with Gasteiger partial charge < -0.3 is 5.32 Å². The number of benzene rings is 3. The summed E-state index contributed by atoms with van der Waals surface area (Å²) in [5, 5.41) is 3.13. The lowest BCUT2D eigenvalue weighted by Crippen LogP contribution is -2.31. The summed E-state index contributed by atoms with van der Waals surface area (Å²) in [5.41, 5.74) is 7.38. The number of aryl methyl sites for hydroxylation is 4. The molecule has 180 valence electrons. The molecule has 0 unspecified atom stereocenters. The maximum atomic E-state index is 12.9. The Labute approximate surface area is 203 Å². The topological polar surface area (TPSA) is 66.5 Å². The predicted octanol–water partition coefficient (Wildman–Crippen LogP) is 5.77. The van der Waals surface area contributed by atoms with Crippen molar-refractivity contribution in [2.45, 2.75) is 53.6 Å². The highest BCUT2D eigenvalue weighted by Crippen LogP contribution is 2.28. The number of carbonyl (C=O) groups is 1. The zero-order chi connectivity index (χ0) is 25.0. The van der Waals surface area contributed by atoms with Crippen molar-refractivity contribution in [2.75, 3.05) is 10.6 Å². The summed E-state index contributed by atoms with van der Waals surface area (Å²) in [6.07, 6.45) is 2.00. The van der Waals surface area contributed by atoms with Crippen molar-refractivity contribution in [3.8, 4) is 0 Å². The summed E-state index contributed by atoms with van der Waals surface area (Å²) in [6.45, 7) is 10.2. The summed E-state index contributed by atoms with van der Waals surface area (Å²) in [4.78, 5) is 12.9. The van der Waals surface area contributed by atoms with Gasteiger partial charge in [0.2, 0.25) is 10.0 Å². The van der Waals surface area contributed by atoms with Gasteiger partial charge in [-0.2, -0.15) is 0 Å². The molecule has 5 nitrogen and oxygen atoms in total. The van der Waals surface area contributed by atoms with Gasteiger partial charge in [0.25, 0.3) is 5.91 Å². The third-order valence-corrected chi connectivity index (χ3v) is 7.39. The van der Waals surface area contributed by atoms with Crippen molar-refractivity contribution in [3.05, 3.63) is 99.6 Å². The molecular formula is C28H34N2O3S. The van der Waals surface area contributed by atoms with E-state index in [-0.39, 0.29) is 18.5 Å². The Kier molecular flexibility index (Phi) is 7.82. The zero-order valence-electron chi connectivity index (χ0n) is 20.8. The summed E-state index contributed by atoms with van der Waals surface area (Å²) in [5.74, 6) is -0.147. The molecule has 0 aromatic heterocycles. The minimum atomic E-state index is -3.49. The number of nitrogens with zero attached hydrogens (tertiary/aromatic N) is 1. The van der Waals surface area contributed by atoms with Crippen LogP contribution in [0.15, 0.2) is 60.7 Å². The third kappa shape index (κ3) is 5.86. The van der Waals surface area contributed by atoms with Crippen molar-refractivity contribution in [3.63, 3.8) is 0 Å². The molecule has 0 saturated heterocycles. The second kappa shape index (κ2) is 10.4. The molecule has 1 amide bonds. The highest BCUT2D eigenvalue weighted by Gasteiger charge is 2.22. The standard InChI is InChI=1S/C28H34N2O3S/c1-7-26(25-14-11-19(2)22(5)17-25)29-28(31)24-15-12-23(13-16-24)18-30(34(6,32)33)27-20(3)9-8-10-21(27)4/h8-17,26H,7,18H2,1-6H3,(H,29,31)/t26-/m1/s1. The molecule has 3 aromatic rings. The van der Waals surface area contributed by atoms with Crippen LogP contribution in [0, 0.1) is 27.7 Å². The van der Waals surface area contributed by atoms with Crippen LogP contribution in [0.3, 0.4) is 0 Å². The van der Waals surface area contributed by atoms with Crippen LogP contribution in [0.1, 0.15) is 63.1 Å².